The van der Waals surface area contributed by atoms with Crippen LogP contribution >= 0.6 is 0 Å². The minimum absolute atomic E-state index is 0.344. The van der Waals surface area contributed by atoms with E-state index in [4.69, 9.17) is 4.74 Å². The topological polar surface area (TPSA) is 64.0 Å². The standard InChI is InChI=1S/C23H29N3O2/c1-14(2)21-19-13-17(16-7-10-24-11-8-16)5-6-20(19)25-22(21)18-9-12-26(27)15(3)23(18)28-4/h5-6,9,12-14,16,24-25H,7-8,10-11H2,1-4H3. The Morgan fingerprint density at radius 1 is 1.18 bits per heavy atom. The van der Waals surface area contributed by atoms with Gasteiger partial charge in [-0.15, -0.1) is 0 Å². The van der Waals surface area contributed by atoms with Crippen LogP contribution in [0.2, 0.25) is 0 Å². The monoisotopic (exact) mass is 379 g/mol. The highest BCUT2D eigenvalue weighted by Gasteiger charge is 2.24. The van der Waals surface area contributed by atoms with Gasteiger partial charge in [-0.1, -0.05) is 19.9 Å². The summed E-state index contributed by atoms with van der Waals surface area (Å²) < 4.78 is 6.47. The molecule has 0 amide bonds. The minimum Gasteiger partial charge on any atom is -0.618 e. The summed E-state index contributed by atoms with van der Waals surface area (Å²) >= 11 is 0. The number of fused-ring (bicyclic) bond motifs is 1. The molecule has 148 valence electrons. The molecule has 2 N–H and O–H groups in total. The fourth-order valence-electron chi connectivity index (χ4n) is 4.53. The zero-order chi connectivity index (χ0) is 19.8. The van der Waals surface area contributed by atoms with E-state index in [0.29, 0.717) is 23.3 Å². The summed E-state index contributed by atoms with van der Waals surface area (Å²) in [7, 11) is 1.62. The van der Waals surface area contributed by atoms with E-state index in [0.717, 1.165) is 34.6 Å². The lowest BCUT2D eigenvalue weighted by molar-refractivity contribution is -0.612. The molecule has 0 aliphatic carbocycles. The van der Waals surface area contributed by atoms with E-state index in [1.807, 2.05) is 6.07 Å². The molecule has 1 aliphatic heterocycles. The lowest BCUT2D eigenvalue weighted by Gasteiger charge is -2.23. The fraction of sp³-hybridized carbons (Fsp3) is 0.435. The number of hydrogen-bond acceptors (Lipinski definition) is 3. The maximum Gasteiger partial charge on any atom is 0.232 e. The highest BCUT2D eigenvalue weighted by atomic mass is 16.5. The van der Waals surface area contributed by atoms with E-state index < -0.39 is 0 Å². The van der Waals surface area contributed by atoms with Gasteiger partial charge in [0.1, 0.15) is 0 Å². The Morgan fingerprint density at radius 3 is 2.61 bits per heavy atom. The number of nitrogens with one attached hydrogen (secondary N) is 2. The Labute approximate surface area is 166 Å². The number of benzene rings is 1. The SMILES string of the molecule is COc1c(-c2[nH]c3ccc(C4CCNCC4)cc3c2C(C)C)cc[n+]([O-])c1C. The first-order chi connectivity index (χ1) is 13.5. The van der Waals surface area contributed by atoms with Crippen molar-refractivity contribution >= 4 is 10.9 Å². The third kappa shape index (κ3) is 3.14. The van der Waals surface area contributed by atoms with Gasteiger partial charge in [0.05, 0.1) is 18.4 Å². The molecule has 28 heavy (non-hydrogen) atoms. The Hall–Kier alpha value is -2.53. The molecule has 1 aromatic carbocycles. The molecule has 0 saturated carbocycles. The van der Waals surface area contributed by atoms with Crippen molar-refractivity contribution in [2.45, 2.75) is 45.4 Å². The van der Waals surface area contributed by atoms with Gasteiger partial charge < -0.3 is 20.2 Å². The zero-order valence-electron chi connectivity index (χ0n) is 17.1. The second-order valence-electron chi connectivity index (χ2n) is 8.07. The van der Waals surface area contributed by atoms with Crippen LogP contribution in [0.5, 0.6) is 5.75 Å². The second-order valence-corrected chi connectivity index (χ2v) is 8.07. The predicted molar refractivity (Wildman–Crippen MR) is 113 cm³/mol. The van der Waals surface area contributed by atoms with Gasteiger partial charge in [-0.25, -0.2) is 0 Å². The van der Waals surface area contributed by atoms with Crippen LogP contribution in [0, 0.1) is 12.1 Å². The van der Waals surface area contributed by atoms with Crippen molar-refractivity contribution in [2.75, 3.05) is 20.2 Å². The number of aromatic nitrogens is 2. The van der Waals surface area contributed by atoms with Crippen LogP contribution in [0.3, 0.4) is 0 Å². The summed E-state index contributed by atoms with van der Waals surface area (Å²) in [5, 5.41) is 16.7. The van der Waals surface area contributed by atoms with Gasteiger partial charge in [0, 0.05) is 23.9 Å². The van der Waals surface area contributed by atoms with E-state index in [-0.39, 0.29) is 0 Å². The summed E-state index contributed by atoms with van der Waals surface area (Å²) in [4.78, 5) is 3.61. The summed E-state index contributed by atoms with van der Waals surface area (Å²) in [6.45, 7) is 8.42. The number of piperidine rings is 1. The van der Waals surface area contributed by atoms with Crippen LogP contribution in [0.25, 0.3) is 22.2 Å². The molecule has 3 aromatic rings. The molecule has 0 unspecified atom stereocenters. The summed E-state index contributed by atoms with van der Waals surface area (Å²) in [5.41, 5.74) is 6.41. The molecule has 5 nitrogen and oxygen atoms in total. The Kier molecular flexibility index (Phi) is 5.02. The van der Waals surface area contributed by atoms with Crippen molar-refractivity contribution < 1.29 is 9.47 Å². The Balaban J connectivity index is 1.90. The zero-order valence-corrected chi connectivity index (χ0v) is 17.1. The maximum atomic E-state index is 12.0. The van der Waals surface area contributed by atoms with Crippen molar-refractivity contribution in [3.63, 3.8) is 0 Å². The highest BCUT2D eigenvalue weighted by molar-refractivity contribution is 5.93. The van der Waals surface area contributed by atoms with Gasteiger partial charge in [0.25, 0.3) is 0 Å². The van der Waals surface area contributed by atoms with Gasteiger partial charge in [-0.3, -0.25) is 0 Å². The van der Waals surface area contributed by atoms with Crippen LogP contribution in [0.15, 0.2) is 30.5 Å². The van der Waals surface area contributed by atoms with Gasteiger partial charge in [-0.05, 0) is 61.0 Å². The lowest BCUT2D eigenvalue weighted by Crippen LogP contribution is -2.29. The molecule has 0 radical (unpaired) electrons. The quantitative estimate of drug-likeness (QED) is 0.522. The molecule has 1 aliphatic rings. The fourth-order valence-corrected chi connectivity index (χ4v) is 4.53. The van der Waals surface area contributed by atoms with Crippen LogP contribution in [0.1, 0.15) is 55.3 Å². The van der Waals surface area contributed by atoms with Crippen molar-refractivity contribution in [2.24, 2.45) is 0 Å². The van der Waals surface area contributed by atoms with Crippen molar-refractivity contribution in [1.29, 1.82) is 0 Å². The summed E-state index contributed by atoms with van der Waals surface area (Å²) in [5.74, 6) is 1.60. The molecule has 4 rings (SSSR count). The number of aromatic amines is 1. The second kappa shape index (κ2) is 7.47. The summed E-state index contributed by atoms with van der Waals surface area (Å²) in [6, 6.07) is 8.69. The molecule has 0 atom stereocenters. The van der Waals surface area contributed by atoms with E-state index >= 15 is 0 Å². The average Bonchev–Trinajstić information content (AvgIpc) is 3.09. The molecule has 0 bridgehead atoms. The molecular formula is C23H29N3O2. The van der Waals surface area contributed by atoms with E-state index in [1.165, 1.54) is 29.4 Å². The van der Waals surface area contributed by atoms with Gasteiger partial charge in [0.2, 0.25) is 5.69 Å². The van der Waals surface area contributed by atoms with Crippen molar-refractivity contribution in [3.8, 4) is 17.0 Å². The molecule has 0 spiro atoms. The number of hydrogen-bond donors (Lipinski definition) is 2. The molecule has 3 heterocycles. The number of methoxy groups -OCH3 is 1. The third-order valence-corrected chi connectivity index (χ3v) is 6.00. The number of nitrogens with zero attached hydrogens (tertiary/aromatic N) is 1. The highest BCUT2D eigenvalue weighted by Crippen LogP contribution is 2.41. The smallest absolute Gasteiger partial charge is 0.232 e. The largest absolute Gasteiger partial charge is 0.618 e. The third-order valence-electron chi connectivity index (χ3n) is 6.00. The van der Waals surface area contributed by atoms with Gasteiger partial charge >= 0.3 is 0 Å². The first-order valence-electron chi connectivity index (χ1n) is 10.1. The van der Waals surface area contributed by atoms with E-state index in [2.05, 4.69) is 42.3 Å². The molecule has 5 heteroatoms. The average molecular weight is 380 g/mol. The molecule has 2 aromatic heterocycles. The van der Waals surface area contributed by atoms with Crippen LogP contribution in [-0.4, -0.2) is 25.2 Å². The Bertz CT molecular complexity index is 1000. The number of ether oxygens (including phenoxy) is 1. The number of H-pyrrole nitrogens is 1. The predicted octanol–water partition coefficient (Wildman–Crippen LogP) is 4.38. The lowest BCUT2D eigenvalue weighted by atomic mass is 9.88. The maximum absolute atomic E-state index is 12.0. The van der Waals surface area contributed by atoms with Gasteiger partial charge in [0.15, 0.2) is 11.9 Å². The minimum atomic E-state index is 0.344. The molecular weight excluding hydrogens is 350 g/mol. The van der Waals surface area contributed by atoms with Crippen LogP contribution in [0.4, 0.5) is 0 Å². The van der Waals surface area contributed by atoms with Crippen LogP contribution in [-0.2, 0) is 0 Å². The molecule has 1 fully saturated rings. The first-order valence-corrected chi connectivity index (χ1v) is 10.1. The van der Waals surface area contributed by atoms with Crippen molar-refractivity contribution in [3.05, 3.63) is 52.5 Å². The van der Waals surface area contributed by atoms with Gasteiger partial charge in [-0.2, -0.15) is 4.73 Å². The normalized spacial score (nSPS) is 15.5. The van der Waals surface area contributed by atoms with E-state index in [1.54, 1.807) is 20.2 Å². The summed E-state index contributed by atoms with van der Waals surface area (Å²) in [6.07, 6.45) is 3.94. The molecule has 1 saturated heterocycles. The van der Waals surface area contributed by atoms with Crippen LogP contribution < -0.4 is 14.8 Å². The number of rotatable bonds is 4. The van der Waals surface area contributed by atoms with E-state index in [9.17, 15) is 5.21 Å². The van der Waals surface area contributed by atoms with Crippen molar-refractivity contribution in [1.82, 2.24) is 10.3 Å². The Morgan fingerprint density at radius 2 is 1.93 bits per heavy atom. The first kappa shape index (κ1) is 18.8. The number of pyridine rings is 1.